The van der Waals surface area contributed by atoms with E-state index < -0.39 is 0 Å². The third kappa shape index (κ3) is 4.96. The molecular formula is C16H18ClN3O3S. The average molecular weight is 368 g/mol. The van der Waals surface area contributed by atoms with Crippen LogP contribution in [-0.4, -0.2) is 35.0 Å². The van der Waals surface area contributed by atoms with Gasteiger partial charge in [-0.25, -0.2) is 0 Å². The molecule has 24 heavy (non-hydrogen) atoms. The van der Waals surface area contributed by atoms with E-state index in [1.807, 2.05) is 24.3 Å². The standard InChI is InChI=1S/C16H18ClN3O3S/c17-11-3-5-12(6-4-11)24-10-15(21)18-8-7-14-19-16(23-20-14)13-2-1-9-22-13/h3-6,13H,1-2,7-10H2,(H,18,21). The monoisotopic (exact) mass is 367 g/mol. The molecule has 1 aromatic heterocycles. The topological polar surface area (TPSA) is 77.2 Å². The molecule has 1 fully saturated rings. The highest BCUT2D eigenvalue weighted by Gasteiger charge is 2.23. The lowest BCUT2D eigenvalue weighted by molar-refractivity contribution is -0.118. The van der Waals surface area contributed by atoms with Crippen LogP contribution < -0.4 is 5.32 Å². The van der Waals surface area contributed by atoms with Gasteiger partial charge in [0, 0.05) is 29.5 Å². The van der Waals surface area contributed by atoms with Crippen molar-refractivity contribution < 1.29 is 14.1 Å². The molecule has 0 spiro atoms. The Morgan fingerprint density at radius 3 is 2.96 bits per heavy atom. The van der Waals surface area contributed by atoms with Crippen molar-refractivity contribution in [2.45, 2.75) is 30.3 Å². The minimum absolute atomic E-state index is 0.0298. The number of halogens is 1. The molecule has 0 radical (unpaired) electrons. The van der Waals surface area contributed by atoms with Crippen LogP contribution in [-0.2, 0) is 16.0 Å². The molecule has 3 rings (SSSR count). The van der Waals surface area contributed by atoms with Gasteiger partial charge in [-0.1, -0.05) is 16.8 Å². The molecule has 0 bridgehead atoms. The second-order valence-electron chi connectivity index (χ2n) is 5.39. The first kappa shape index (κ1) is 17.3. The van der Waals surface area contributed by atoms with Crippen LogP contribution in [0.4, 0.5) is 0 Å². The van der Waals surface area contributed by atoms with Crippen LogP contribution in [0.25, 0.3) is 0 Å². The van der Waals surface area contributed by atoms with Crippen molar-refractivity contribution >= 4 is 29.3 Å². The molecule has 1 aromatic carbocycles. The van der Waals surface area contributed by atoms with Crippen molar-refractivity contribution in [3.63, 3.8) is 0 Å². The number of ether oxygens (including phenoxy) is 1. The summed E-state index contributed by atoms with van der Waals surface area (Å²) in [7, 11) is 0. The van der Waals surface area contributed by atoms with Gasteiger partial charge in [0.05, 0.1) is 5.75 Å². The number of nitrogens with zero attached hydrogens (tertiary/aromatic N) is 2. The Morgan fingerprint density at radius 1 is 1.38 bits per heavy atom. The van der Waals surface area contributed by atoms with Gasteiger partial charge in [0.15, 0.2) is 5.82 Å². The molecule has 1 atom stereocenters. The molecule has 1 amide bonds. The largest absolute Gasteiger partial charge is 0.368 e. The second-order valence-corrected chi connectivity index (χ2v) is 6.88. The first-order valence-electron chi connectivity index (χ1n) is 7.80. The summed E-state index contributed by atoms with van der Waals surface area (Å²) in [6, 6.07) is 7.41. The number of amides is 1. The number of aromatic nitrogens is 2. The van der Waals surface area contributed by atoms with Gasteiger partial charge in [0.25, 0.3) is 5.89 Å². The third-order valence-electron chi connectivity index (χ3n) is 3.54. The van der Waals surface area contributed by atoms with Crippen LogP contribution in [0.1, 0.15) is 30.7 Å². The van der Waals surface area contributed by atoms with Gasteiger partial charge in [0.1, 0.15) is 6.10 Å². The molecule has 128 valence electrons. The van der Waals surface area contributed by atoms with E-state index in [1.54, 1.807) is 0 Å². The molecule has 8 heteroatoms. The zero-order valence-electron chi connectivity index (χ0n) is 13.0. The number of carbonyl (C=O) groups is 1. The fourth-order valence-corrected chi connectivity index (χ4v) is 3.17. The van der Waals surface area contributed by atoms with Crippen molar-refractivity contribution in [3.8, 4) is 0 Å². The predicted molar refractivity (Wildman–Crippen MR) is 91.1 cm³/mol. The first-order valence-corrected chi connectivity index (χ1v) is 9.16. The maximum Gasteiger partial charge on any atom is 0.255 e. The maximum absolute atomic E-state index is 11.8. The zero-order valence-corrected chi connectivity index (χ0v) is 14.6. The van der Waals surface area contributed by atoms with Crippen LogP contribution >= 0.6 is 23.4 Å². The van der Waals surface area contributed by atoms with E-state index in [4.69, 9.17) is 20.9 Å². The molecule has 2 aromatic rings. The maximum atomic E-state index is 11.8. The number of nitrogens with one attached hydrogen (secondary N) is 1. The summed E-state index contributed by atoms with van der Waals surface area (Å²) in [6.07, 6.45) is 2.40. The van der Waals surface area contributed by atoms with Gasteiger partial charge in [-0.3, -0.25) is 4.79 Å². The quantitative estimate of drug-likeness (QED) is 0.758. The number of thioether (sulfide) groups is 1. The summed E-state index contributed by atoms with van der Waals surface area (Å²) in [6.45, 7) is 1.22. The molecule has 1 aliphatic rings. The number of rotatable bonds is 7. The third-order valence-corrected chi connectivity index (χ3v) is 4.81. The molecular weight excluding hydrogens is 350 g/mol. The lowest BCUT2D eigenvalue weighted by atomic mass is 10.2. The van der Waals surface area contributed by atoms with Crippen LogP contribution in [0.5, 0.6) is 0 Å². The summed E-state index contributed by atoms with van der Waals surface area (Å²) < 4.78 is 10.7. The zero-order chi connectivity index (χ0) is 16.8. The fourth-order valence-electron chi connectivity index (χ4n) is 2.32. The van der Waals surface area contributed by atoms with Gasteiger partial charge in [-0.2, -0.15) is 4.98 Å². The summed E-state index contributed by atoms with van der Waals surface area (Å²) in [4.78, 5) is 17.2. The Kier molecular flexibility index (Phi) is 6.12. The highest BCUT2D eigenvalue weighted by Crippen LogP contribution is 2.26. The lowest BCUT2D eigenvalue weighted by Gasteiger charge is -2.04. The smallest absolute Gasteiger partial charge is 0.255 e. The SMILES string of the molecule is O=C(CSc1ccc(Cl)cc1)NCCc1noc(C2CCCO2)n1. The normalized spacial score (nSPS) is 17.1. The second kappa shape index (κ2) is 8.50. The number of carbonyl (C=O) groups excluding carboxylic acids is 1. The number of benzene rings is 1. The van der Waals surface area contributed by atoms with Crippen LogP contribution in [0.15, 0.2) is 33.7 Å². The van der Waals surface area contributed by atoms with Crippen molar-refractivity contribution in [2.75, 3.05) is 18.9 Å². The minimum Gasteiger partial charge on any atom is -0.368 e. The average Bonchev–Trinajstić information content (AvgIpc) is 3.25. The number of hydrogen-bond acceptors (Lipinski definition) is 6. The highest BCUT2D eigenvalue weighted by molar-refractivity contribution is 8.00. The van der Waals surface area contributed by atoms with Crippen molar-refractivity contribution in [3.05, 3.63) is 41.0 Å². The molecule has 1 N–H and O–H groups in total. The van der Waals surface area contributed by atoms with E-state index in [0.29, 0.717) is 35.5 Å². The molecule has 0 saturated carbocycles. The molecule has 1 aliphatic heterocycles. The first-order chi connectivity index (χ1) is 11.7. The summed E-state index contributed by atoms with van der Waals surface area (Å²) in [5, 5.41) is 7.46. The molecule has 1 saturated heterocycles. The van der Waals surface area contributed by atoms with Crippen molar-refractivity contribution in [2.24, 2.45) is 0 Å². The summed E-state index contributed by atoms with van der Waals surface area (Å²) >= 11 is 7.30. The van der Waals surface area contributed by atoms with E-state index in [2.05, 4.69) is 15.5 Å². The Balaban J connectivity index is 1.36. The summed E-state index contributed by atoms with van der Waals surface area (Å²) in [5.41, 5.74) is 0. The van der Waals surface area contributed by atoms with E-state index in [-0.39, 0.29) is 12.0 Å². The molecule has 6 nitrogen and oxygen atoms in total. The van der Waals surface area contributed by atoms with Gasteiger partial charge in [0.2, 0.25) is 5.91 Å². The van der Waals surface area contributed by atoms with Gasteiger partial charge >= 0.3 is 0 Å². The lowest BCUT2D eigenvalue weighted by Crippen LogP contribution is -2.27. The van der Waals surface area contributed by atoms with E-state index in [1.165, 1.54) is 11.8 Å². The Morgan fingerprint density at radius 2 is 2.21 bits per heavy atom. The molecule has 1 unspecified atom stereocenters. The molecule has 0 aliphatic carbocycles. The van der Waals surface area contributed by atoms with Crippen molar-refractivity contribution in [1.82, 2.24) is 15.5 Å². The fraction of sp³-hybridized carbons (Fsp3) is 0.438. The van der Waals surface area contributed by atoms with Crippen LogP contribution in [0.2, 0.25) is 5.02 Å². The molecule has 2 heterocycles. The van der Waals surface area contributed by atoms with E-state index >= 15 is 0 Å². The summed E-state index contributed by atoms with van der Waals surface area (Å²) in [5.74, 6) is 1.45. The van der Waals surface area contributed by atoms with E-state index in [0.717, 1.165) is 24.3 Å². The Bertz CT molecular complexity index is 671. The van der Waals surface area contributed by atoms with Gasteiger partial charge < -0.3 is 14.6 Å². The van der Waals surface area contributed by atoms with Gasteiger partial charge in [-0.15, -0.1) is 11.8 Å². The van der Waals surface area contributed by atoms with Crippen molar-refractivity contribution in [1.29, 1.82) is 0 Å². The van der Waals surface area contributed by atoms with Crippen LogP contribution in [0, 0.1) is 0 Å². The number of hydrogen-bond donors (Lipinski definition) is 1. The van der Waals surface area contributed by atoms with Crippen LogP contribution in [0.3, 0.4) is 0 Å². The highest BCUT2D eigenvalue weighted by atomic mass is 35.5. The minimum atomic E-state index is -0.0726. The van der Waals surface area contributed by atoms with E-state index in [9.17, 15) is 4.79 Å². The Labute approximate surface area is 149 Å². The van der Waals surface area contributed by atoms with Gasteiger partial charge in [-0.05, 0) is 37.1 Å². The Hall–Kier alpha value is -1.57. The predicted octanol–water partition coefficient (Wildman–Crippen LogP) is 3.03.